The Morgan fingerprint density at radius 2 is 1.62 bits per heavy atom. The Kier molecular flexibility index (Phi) is 5.09. The first-order chi connectivity index (χ1) is 10.9. The van der Waals surface area contributed by atoms with Gasteiger partial charge in [-0.2, -0.15) is 0 Å². The summed E-state index contributed by atoms with van der Waals surface area (Å²) >= 11 is 0. The molecule has 0 radical (unpaired) electrons. The standard InChI is InChI=1S/C17H26N2O4S/c1-16(2)11-14(18-24(5,21)22)12-17(3,4)19(16)23-15(20)13-9-7-6-8-10-13/h6-10,14,18H,11-12H2,1-5H3. The van der Waals surface area contributed by atoms with Crippen molar-refractivity contribution in [3.63, 3.8) is 0 Å². The third kappa shape index (κ3) is 4.55. The maximum Gasteiger partial charge on any atom is 0.357 e. The lowest BCUT2D eigenvalue weighted by atomic mass is 9.79. The minimum atomic E-state index is -3.28. The van der Waals surface area contributed by atoms with Crippen molar-refractivity contribution in [2.24, 2.45) is 0 Å². The average molecular weight is 354 g/mol. The van der Waals surface area contributed by atoms with Crippen molar-refractivity contribution in [3.05, 3.63) is 35.9 Å². The highest BCUT2D eigenvalue weighted by Gasteiger charge is 2.48. The molecule has 1 aliphatic rings. The van der Waals surface area contributed by atoms with Gasteiger partial charge in [0.05, 0.1) is 22.9 Å². The zero-order chi connectivity index (χ0) is 18.2. The summed E-state index contributed by atoms with van der Waals surface area (Å²) in [4.78, 5) is 18.1. The molecule has 0 bridgehead atoms. The van der Waals surface area contributed by atoms with E-state index in [1.54, 1.807) is 29.3 Å². The monoisotopic (exact) mass is 354 g/mol. The maximum absolute atomic E-state index is 12.4. The molecular formula is C17H26N2O4S. The fourth-order valence-corrected chi connectivity index (χ4v) is 4.38. The van der Waals surface area contributed by atoms with E-state index in [9.17, 15) is 13.2 Å². The van der Waals surface area contributed by atoms with Crippen LogP contribution in [0, 0.1) is 0 Å². The van der Waals surface area contributed by atoms with E-state index in [1.165, 1.54) is 0 Å². The molecule has 1 saturated heterocycles. The van der Waals surface area contributed by atoms with Crippen LogP contribution in [0.25, 0.3) is 0 Å². The predicted molar refractivity (Wildman–Crippen MR) is 92.9 cm³/mol. The van der Waals surface area contributed by atoms with Crippen LogP contribution < -0.4 is 4.72 Å². The van der Waals surface area contributed by atoms with Crippen LogP contribution in [0.4, 0.5) is 0 Å². The summed E-state index contributed by atoms with van der Waals surface area (Å²) in [5.74, 6) is -0.411. The Hall–Kier alpha value is -1.44. The number of hydrogen-bond donors (Lipinski definition) is 1. The lowest BCUT2D eigenvalue weighted by molar-refractivity contribution is -0.244. The van der Waals surface area contributed by atoms with Crippen LogP contribution in [-0.4, -0.2) is 42.8 Å². The molecule has 6 nitrogen and oxygen atoms in total. The Morgan fingerprint density at radius 1 is 1.12 bits per heavy atom. The average Bonchev–Trinajstić information content (AvgIpc) is 2.40. The number of nitrogens with zero attached hydrogens (tertiary/aromatic N) is 1. The number of rotatable bonds is 4. The maximum atomic E-state index is 12.4. The Balaban J connectivity index is 2.20. The van der Waals surface area contributed by atoms with Crippen molar-refractivity contribution in [1.82, 2.24) is 9.79 Å². The molecule has 1 aliphatic heterocycles. The smallest absolute Gasteiger partial charge is 0.357 e. The molecule has 0 saturated carbocycles. The highest BCUT2D eigenvalue weighted by molar-refractivity contribution is 7.88. The molecule has 0 unspecified atom stereocenters. The first-order valence-corrected chi connectivity index (χ1v) is 9.85. The zero-order valence-electron chi connectivity index (χ0n) is 14.9. The lowest BCUT2D eigenvalue weighted by Gasteiger charge is -2.52. The fraction of sp³-hybridized carbons (Fsp3) is 0.588. The number of hydroxylamine groups is 2. The van der Waals surface area contributed by atoms with E-state index in [1.807, 2.05) is 33.8 Å². The first kappa shape index (κ1) is 18.9. The second-order valence-electron chi connectivity index (χ2n) is 7.66. The van der Waals surface area contributed by atoms with Crippen molar-refractivity contribution in [2.45, 2.75) is 57.7 Å². The van der Waals surface area contributed by atoms with E-state index in [-0.39, 0.29) is 6.04 Å². The molecule has 0 aromatic heterocycles. The van der Waals surface area contributed by atoms with Gasteiger partial charge in [0, 0.05) is 6.04 Å². The first-order valence-electron chi connectivity index (χ1n) is 7.96. The number of carbonyl (C=O) groups excluding carboxylic acids is 1. The van der Waals surface area contributed by atoms with Crippen molar-refractivity contribution in [3.8, 4) is 0 Å². The van der Waals surface area contributed by atoms with Crippen molar-refractivity contribution >= 4 is 16.0 Å². The molecule has 1 aromatic rings. The Morgan fingerprint density at radius 3 is 2.08 bits per heavy atom. The van der Waals surface area contributed by atoms with Crippen molar-refractivity contribution < 1.29 is 18.0 Å². The molecule has 1 heterocycles. The van der Waals surface area contributed by atoms with Crippen LogP contribution in [0.5, 0.6) is 0 Å². The van der Waals surface area contributed by atoms with Crippen LogP contribution in [-0.2, 0) is 14.9 Å². The predicted octanol–water partition coefficient (Wildman–Crippen LogP) is 2.33. The van der Waals surface area contributed by atoms with Gasteiger partial charge in [-0.25, -0.2) is 17.9 Å². The second kappa shape index (κ2) is 6.46. The summed E-state index contributed by atoms with van der Waals surface area (Å²) in [6, 6.07) is 8.63. The van der Waals surface area contributed by atoms with E-state index in [4.69, 9.17) is 4.84 Å². The third-order valence-corrected chi connectivity index (χ3v) is 4.92. The minimum absolute atomic E-state index is 0.198. The zero-order valence-corrected chi connectivity index (χ0v) is 15.7. The molecule has 7 heteroatoms. The lowest BCUT2D eigenvalue weighted by Crippen LogP contribution is -2.64. The largest absolute Gasteiger partial charge is 0.363 e. The summed E-state index contributed by atoms with van der Waals surface area (Å²) < 4.78 is 25.8. The molecule has 134 valence electrons. The van der Waals surface area contributed by atoms with Crippen LogP contribution in [0.2, 0.25) is 0 Å². The summed E-state index contributed by atoms with van der Waals surface area (Å²) in [6.45, 7) is 7.79. The number of sulfonamides is 1. The topological polar surface area (TPSA) is 75.7 Å². The SMILES string of the molecule is CC1(C)CC(NS(C)(=O)=O)CC(C)(C)N1OC(=O)c1ccccc1. The van der Waals surface area contributed by atoms with Crippen LogP contribution in [0.3, 0.4) is 0 Å². The molecule has 2 rings (SSSR count). The molecule has 0 spiro atoms. The molecule has 0 atom stereocenters. The minimum Gasteiger partial charge on any atom is -0.363 e. The molecule has 24 heavy (non-hydrogen) atoms. The third-order valence-electron chi connectivity index (χ3n) is 4.16. The van der Waals surface area contributed by atoms with Gasteiger partial charge >= 0.3 is 5.97 Å². The van der Waals surface area contributed by atoms with Crippen molar-refractivity contribution in [1.29, 1.82) is 0 Å². The van der Waals surface area contributed by atoms with Gasteiger partial charge in [-0.1, -0.05) is 18.2 Å². The van der Waals surface area contributed by atoms with Gasteiger partial charge in [0.25, 0.3) is 0 Å². The number of carbonyl (C=O) groups is 1. The molecule has 1 aromatic carbocycles. The van der Waals surface area contributed by atoms with Gasteiger partial charge in [0.1, 0.15) is 0 Å². The second-order valence-corrected chi connectivity index (χ2v) is 9.44. The van der Waals surface area contributed by atoms with Crippen LogP contribution in [0.1, 0.15) is 50.9 Å². The summed E-state index contributed by atoms with van der Waals surface area (Å²) in [5, 5.41) is 1.70. The van der Waals surface area contributed by atoms with E-state index < -0.39 is 27.1 Å². The number of nitrogens with one attached hydrogen (secondary N) is 1. The van der Waals surface area contributed by atoms with Gasteiger partial charge in [0.2, 0.25) is 10.0 Å². The number of hydrogen-bond acceptors (Lipinski definition) is 5. The normalized spacial score (nSPS) is 21.4. The number of benzene rings is 1. The quantitative estimate of drug-likeness (QED) is 0.898. The highest BCUT2D eigenvalue weighted by atomic mass is 32.2. The van der Waals surface area contributed by atoms with E-state index in [2.05, 4.69) is 4.72 Å². The van der Waals surface area contributed by atoms with E-state index in [0.29, 0.717) is 18.4 Å². The van der Waals surface area contributed by atoms with E-state index >= 15 is 0 Å². The molecule has 0 amide bonds. The highest BCUT2D eigenvalue weighted by Crippen LogP contribution is 2.39. The van der Waals surface area contributed by atoms with Gasteiger partial charge in [-0.15, -0.1) is 5.06 Å². The summed E-state index contributed by atoms with van der Waals surface area (Å²) in [6.07, 6.45) is 2.26. The molecule has 0 aliphatic carbocycles. The van der Waals surface area contributed by atoms with Gasteiger partial charge < -0.3 is 4.84 Å². The van der Waals surface area contributed by atoms with Gasteiger partial charge in [-0.05, 0) is 52.7 Å². The van der Waals surface area contributed by atoms with Gasteiger partial charge in [-0.3, -0.25) is 0 Å². The number of piperidine rings is 1. The van der Waals surface area contributed by atoms with E-state index in [0.717, 1.165) is 6.26 Å². The fourth-order valence-electron chi connectivity index (χ4n) is 3.61. The van der Waals surface area contributed by atoms with Crippen molar-refractivity contribution in [2.75, 3.05) is 6.26 Å². The molecule has 1 N–H and O–H groups in total. The molecular weight excluding hydrogens is 328 g/mol. The Bertz CT molecular complexity index is 681. The van der Waals surface area contributed by atoms with Crippen LogP contribution >= 0.6 is 0 Å². The summed E-state index contributed by atoms with van der Waals surface area (Å²) in [5.41, 5.74) is -0.524. The molecule has 1 fully saturated rings. The van der Waals surface area contributed by atoms with Gasteiger partial charge in [0.15, 0.2) is 0 Å². The van der Waals surface area contributed by atoms with Crippen LogP contribution in [0.15, 0.2) is 30.3 Å². The Labute approximate surface area is 144 Å². The summed E-state index contributed by atoms with van der Waals surface area (Å²) in [7, 11) is -3.28.